The second kappa shape index (κ2) is 6.57. The van der Waals surface area contributed by atoms with E-state index in [1.54, 1.807) is 12.1 Å². The van der Waals surface area contributed by atoms with E-state index in [4.69, 9.17) is 5.11 Å². The van der Waals surface area contributed by atoms with Crippen LogP contribution in [-0.4, -0.2) is 17.0 Å². The average molecular weight is 460 g/mol. The maximum Gasteiger partial charge on any atom is 0.335 e. The first-order valence-corrected chi connectivity index (χ1v) is 7.86. The van der Waals surface area contributed by atoms with Crippen molar-refractivity contribution in [2.75, 3.05) is 5.32 Å². The summed E-state index contributed by atoms with van der Waals surface area (Å²) in [6.07, 6.45) is 0. The van der Waals surface area contributed by atoms with E-state index in [-0.39, 0.29) is 11.5 Å². The SMILES string of the molecule is Cc1cccc(C(=O)Nc2ccc(C(=O)O)cc2Br)c1I. The summed E-state index contributed by atoms with van der Waals surface area (Å²) < 4.78 is 1.42. The summed E-state index contributed by atoms with van der Waals surface area (Å²) in [5.74, 6) is -1.24. The molecule has 0 atom stereocenters. The van der Waals surface area contributed by atoms with Gasteiger partial charge in [-0.15, -0.1) is 0 Å². The van der Waals surface area contributed by atoms with Gasteiger partial charge in [-0.05, 0) is 75.3 Å². The van der Waals surface area contributed by atoms with E-state index in [1.165, 1.54) is 12.1 Å². The average Bonchev–Trinajstić information content (AvgIpc) is 2.43. The molecule has 0 saturated carbocycles. The molecule has 6 heteroatoms. The standard InChI is InChI=1S/C15H11BrINO3/c1-8-3-2-4-10(13(8)17)14(19)18-12-6-5-9(15(20)21)7-11(12)16/h2-7H,1H3,(H,18,19)(H,20,21). The second-order valence-electron chi connectivity index (χ2n) is 4.39. The number of halogens is 2. The molecule has 2 aromatic rings. The molecule has 0 bridgehead atoms. The summed E-state index contributed by atoms with van der Waals surface area (Å²) in [6.45, 7) is 1.94. The number of nitrogens with one attached hydrogen (secondary N) is 1. The first-order valence-electron chi connectivity index (χ1n) is 5.99. The summed E-state index contributed by atoms with van der Waals surface area (Å²) in [4.78, 5) is 23.2. The molecule has 0 radical (unpaired) electrons. The number of benzene rings is 2. The summed E-state index contributed by atoms with van der Waals surface area (Å²) in [5, 5.41) is 11.7. The molecule has 21 heavy (non-hydrogen) atoms. The van der Waals surface area contributed by atoms with Crippen LogP contribution in [0.25, 0.3) is 0 Å². The molecule has 0 aliphatic heterocycles. The van der Waals surface area contributed by atoms with Gasteiger partial charge in [-0.2, -0.15) is 0 Å². The van der Waals surface area contributed by atoms with Gasteiger partial charge in [-0.3, -0.25) is 4.79 Å². The molecule has 0 aliphatic carbocycles. The van der Waals surface area contributed by atoms with E-state index in [9.17, 15) is 9.59 Å². The molecule has 2 aromatic carbocycles. The Hall–Kier alpha value is -1.41. The molecule has 0 fully saturated rings. The minimum Gasteiger partial charge on any atom is -0.478 e. The Balaban J connectivity index is 2.28. The van der Waals surface area contributed by atoms with Crippen LogP contribution in [0.15, 0.2) is 40.9 Å². The Bertz CT molecular complexity index is 731. The van der Waals surface area contributed by atoms with Crippen molar-refractivity contribution >= 4 is 56.1 Å². The predicted octanol–water partition coefficient (Wildman–Crippen LogP) is 4.31. The Labute approximate surface area is 143 Å². The van der Waals surface area contributed by atoms with E-state index in [2.05, 4.69) is 43.8 Å². The largest absolute Gasteiger partial charge is 0.478 e. The number of carbonyl (C=O) groups excluding carboxylic acids is 1. The van der Waals surface area contributed by atoms with Gasteiger partial charge in [0, 0.05) is 8.04 Å². The lowest BCUT2D eigenvalue weighted by Crippen LogP contribution is -2.14. The van der Waals surface area contributed by atoms with Crippen LogP contribution < -0.4 is 5.32 Å². The zero-order chi connectivity index (χ0) is 15.6. The van der Waals surface area contributed by atoms with Crippen LogP contribution in [0.1, 0.15) is 26.3 Å². The molecule has 0 aliphatic rings. The van der Waals surface area contributed by atoms with Crippen LogP contribution in [0, 0.1) is 10.5 Å². The number of carbonyl (C=O) groups is 2. The lowest BCUT2D eigenvalue weighted by molar-refractivity contribution is 0.0696. The number of anilines is 1. The van der Waals surface area contributed by atoms with Crippen molar-refractivity contribution in [1.29, 1.82) is 0 Å². The molecule has 4 nitrogen and oxygen atoms in total. The zero-order valence-electron chi connectivity index (χ0n) is 11.0. The Kier molecular flexibility index (Phi) is 5.00. The van der Waals surface area contributed by atoms with Crippen LogP contribution >= 0.6 is 38.5 Å². The van der Waals surface area contributed by atoms with Gasteiger partial charge in [0.05, 0.1) is 16.8 Å². The third-order valence-corrected chi connectivity index (χ3v) is 4.99. The highest BCUT2D eigenvalue weighted by Gasteiger charge is 2.14. The molecular weight excluding hydrogens is 449 g/mol. The third-order valence-electron chi connectivity index (χ3n) is 2.90. The Morgan fingerprint density at radius 1 is 1.24 bits per heavy atom. The zero-order valence-corrected chi connectivity index (χ0v) is 14.7. The van der Waals surface area contributed by atoms with Crippen LogP contribution in [-0.2, 0) is 0 Å². The van der Waals surface area contributed by atoms with Gasteiger partial charge < -0.3 is 10.4 Å². The third kappa shape index (κ3) is 3.62. The van der Waals surface area contributed by atoms with Crippen molar-refractivity contribution in [2.45, 2.75) is 6.92 Å². The molecule has 2 N–H and O–H groups in total. The molecule has 1 amide bonds. The van der Waals surface area contributed by atoms with Gasteiger partial charge in [-0.25, -0.2) is 4.79 Å². The molecule has 0 heterocycles. The summed E-state index contributed by atoms with van der Waals surface area (Å²) in [5.41, 5.74) is 2.31. The number of aryl methyl sites for hydroxylation is 1. The van der Waals surface area contributed by atoms with Gasteiger partial charge in [-0.1, -0.05) is 12.1 Å². The predicted molar refractivity (Wildman–Crippen MR) is 93.0 cm³/mol. The van der Waals surface area contributed by atoms with E-state index < -0.39 is 5.97 Å². The van der Waals surface area contributed by atoms with Crippen molar-refractivity contribution in [3.63, 3.8) is 0 Å². The first-order chi connectivity index (χ1) is 9.90. The summed E-state index contributed by atoms with van der Waals surface area (Å²) >= 11 is 5.40. The molecule has 0 spiro atoms. The van der Waals surface area contributed by atoms with Crippen molar-refractivity contribution < 1.29 is 14.7 Å². The molecular formula is C15H11BrINO3. The lowest BCUT2D eigenvalue weighted by Gasteiger charge is -2.10. The van der Waals surface area contributed by atoms with Crippen LogP contribution in [0.4, 0.5) is 5.69 Å². The Morgan fingerprint density at radius 3 is 2.57 bits per heavy atom. The van der Waals surface area contributed by atoms with Gasteiger partial charge in [0.1, 0.15) is 0 Å². The molecule has 2 rings (SSSR count). The highest BCUT2D eigenvalue weighted by Crippen LogP contribution is 2.25. The number of carboxylic acid groups (broad SMARTS) is 1. The van der Waals surface area contributed by atoms with Crippen LogP contribution in [0.2, 0.25) is 0 Å². The minimum atomic E-state index is -1.01. The molecule has 108 valence electrons. The van der Waals surface area contributed by atoms with Crippen molar-refractivity contribution in [1.82, 2.24) is 0 Å². The van der Waals surface area contributed by atoms with E-state index in [0.29, 0.717) is 15.7 Å². The number of hydrogen-bond donors (Lipinski definition) is 2. The van der Waals surface area contributed by atoms with Gasteiger partial charge in [0.25, 0.3) is 5.91 Å². The van der Waals surface area contributed by atoms with E-state index in [0.717, 1.165) is 9.13 Å². The molecule has 0 saturated heterocycles. The molecule has 0 unspecified atom stereocenters. The maximum atomic E-state index is 12.3. The second-order valence-corrected chi connectivity index (χ2v) is 6.32. The highest BCUT2D eigenvalue weighted by atomic mass is 127. The van der Waals surface area contributed by atoms with Crippen LogP contribution in [0.3, 0.4) is 0 Å². The topological polar surface area (TPSA) is 66.4 Å². The normalized spacial score (nSPS) is 10.2. The first kappa shape index (κ1) is 16.0. The highest BCUT2D eigenvalue weighted by molar-refractivity contribution is 14.1. The van der Waals surface area contributed by atoms with E-state index >= 15 is 0 Å². The number of aromatic carboxylic acids is 1. The van der Waals surface area contributed by atoms with E-state index in [1.807, 2.05) is 19.1 Å². The van der Waals surface area contributed by atoms with Crippen LogP contribution in [0.5, 0.6) is 0 Å². The number of hydrogen-bond acceptors (Lipinski definition) is 2. The fourth-order valence-electron chi connectivity index (χ4n) is 1.76. The smallest absolute Gasteiger partial charge is 0.335 e. The number of carboxylic acids is 1. The van der Waals surface area contributed by atoms with Gasteiger partial charge >= 0.3 is 5.97 Å². The maximum absolute atomic E-state index is 12.3. The fourth-order valence-corrected chi connectivity index (χ4v) is 2.84. The van der Waals surface area contributed by atoms with Crippen molar-refractivity contribution in [3.05, 3.63) is 61.1 Å². The number of rotatable bonds is 3. The van der Waals surface area contributed by atoms with Crippen molar-refractivity contribution in [2.24, 2.45) is 0 Å². The fraction of sp³-hybridized carbons (Fsp3) is 0.0667. The molecule has 0 aromatic heterocycles. The summed E-state index contributed by atoms with van der Waals surface area (Å²) in [7, 11) is 0. The monoisotopic (exact) mass is 459 g/mol. The minimum absolute atomic E-state index is 0.157. The lowest BCUT2D eigenvalue weighted by atomic mass is 10.1. The quantitative estimate of drug-likeness (QED) is 0.672. The number of amides is 1. The van der Waals surface area contributed by atoms with Gasteiger partial charge in [0.2, 0.25) is 0 Å². The van der Waals surface area contributed by atoms with Gasteiger partial charge in [0.15, 0.2) is 0 Å². The summed E-state index contributed by atoms with van der Waals surface area (Å²) in [6, 6.07) is 9.99. The Morgan fingerprint density at radius 2 is 1.95 bits per heavy atom. The van der Waals surface area contributed by atoms with Crippen molar-refractivity contribution in [3.8, 4) is 0 Å².